The van der Waals surface area contributed by atoms with E-state index in [0.29, 0.717) is 5.69 Å². The van der Waals surface area contributed by atoms with Crippen molar-refractivity contribution in [3.63, 3.8) is 0 Å². The second-order valence-corrected chi connectivity index (χ2v) is 4.65. The third-order valence-corrected chi connectivity index (χ3v) is 3.13. The number of esters is 1. The zero-order valence-corrected chi connectivity index (χ0v) is 12.2. The van der Waals surface area contributed by atoms with Crippen LogP contribution in [0.2, 0.25) is 0 Å². The van der Waals surface area contributed by atoms with Crippen LogP contribution in [0.1, 0.15) is 22.8 Å². The summed E-state index contributed by atoms with van der Waals surface area (Å²) in [6, 6.07) is 13.4. The highest BCUT2D eigenvalue weighted by Crippen LogP contribution is 2.17. The highest BCUT2D eigenvalue weighted by Gasteiger charge is 2.14. The average Bonchev–Trinajstić information content (AvgIpc) is 2.53. The number of rotatable bonds is 5. The summed E-state index contributed by atoms with van der Waals surface area (Å²) in [5.41, 5.74) is 1.74. The third kappa shape index (κ3) is 3.85. The van der Waals surface area contributed by atoms with Crippen molar-refractivity contribution in [2.24, 2.45) is 0 Å². The Bertz CT molecular complexity index is 682. The van der Waals surface area contributed by atoms with E-state index >= 15 is 0 Å². The number of nitrogens with one attached hydrogen (secondary N) is 1. The van der Waals surface area contributed by atoms with Crippen molar-refractivity contribution in [1.82, 2.24) is 0 Å². The average molecular weight is 299 g/mol. The molecule has 0 aliphatic heterocycles. The Kier molecular flexibility index (Phi) is 5.14. The molecule has 0 atom stereocenters. The maximum absolute atomic E-state index is 11.9. The molecule has 0 unspecified atom stereocenters. The molecule has 5 heteroatoms. The Morgan fingerprint density at radius 1 is 1.09 bits per heavy atom. The first-order valence-corrected chi connectivity index (χ1v) is 6.94. The van der Waals surface area contributed by atoms with Gasteiger partial charge in [-0.05, 0) is 30.2 Å². The van der Waals surface area contributed by atoms with Gasteiger partial charge in [-0.25, -0.2) is 4.79 Å². The number of aryl methyl sites for hydroxylation is 1. The molecular weight excluding hydrogens is 282 g/mol. The lowest BCUT2D eigenvalue weighted by atomic mass is 10.1. The van der Waals surface area contributed by atoms with Gasteiger partial charge in [0, 0.05) is 5.69 Å². The SMILES string of the molecule is CCc1ccccc1NC(=O)COC(=O)c1ccccc1O. The van der Waals surface area contributed by atoms with Gasteiger partial charge in [0.15, 0.2) is 6.61 Å². The Labute approximate surface area is 128 Å². The standard InChI is InChI=1S/C17H17NO4/c1-2-12-7-3-5-9-14(12)18-16(20)11-22-17(21)13-8-4-6-10-15(13)19/h3-10,19H,2,11H2,1H3,(H,18,20). The monoisotopic (exact) mass is 299 g/mol. The Morgan fingerprint density at radius 3 is 2.50 bits per heavy atom. The summed E-state index contributed by atoms with van der Waals surface area (Å²) in [7, 11) is 0. The summed E-state index contributed by atoms with van der Waals surface area (Å²) in [5.74, 6) is -1.34. The predicted octanol–water partition coefficient (Wildman–Crippen LogP) is 2.75. The lowest BCUT2D eigenvalue weighted by molar-refractivity contribution is -0.119. The number of hydrogen-bond donors (Lipinski definition) is 2. The van der Waals surface area contributed by atoms with Crippen molar-refractivity contribution in [3.8, 4) is 5.75 Å². The molecule has 0 radical (unpaired) electrons. The first kappa shape index (κ1) is 15.6. The van der Waals surface area contributed by atoms with Crippen LogP contribution in [0.15, 0.2) is 48.5 Å². The topological polar surface area (TPSA) is 75.6 Å². The second kappa shape index (κ2) is 7.26. The van der Waals surface area contributed by atoms with E-state index in [1.54, 1.807) is 18.2 Å². The molecule has 0 heterocycles. The fourth-order valence-corrected chi connectivity index (χ4v) is 1.99. The lowest BCUT2D eigenvalue weighted by Gasteiger charge is -2.10. The number of hydrogen-bond acceptors (Lipinski definition) is 4. The van der Waals surface area contributed by atoms with Crippen LogP contribution in [0.25, 0.3) is 0 Å². The Balaban J connectivity index is 1.93. The van der Waals surface area contributed by atoms with Crippen LogP contribution in [0.3, 0.4) is 0 Å². The number of benzene rings is 2. The number of phenols is 1. The summed E-state index contributed by atoms with van der Waals surface area (Å²) in [5, 5.41) is 12.3. The molecule has 2 rings (SSSR count). The zero-order valence-electron chi connectivity index (χ0n) is 12.2. The van der Waals surface area contributed by atoms with Gasteiger partial charge < -0.3 is 15.2 Å². The van der Waals surface area contributed by atoms with Gasteiger partial charge in [0.25, 0.3) is 5.91 Å². The molecule has 0 aliphatic rings. The minimum absolute atomic E-state index is 0.0317. The van der Waals surface area contributed by atoms with Crippen LogP contribution < -0.4 is 5.32 Å². The highest BCUT2D eigenvalue weighted by molar-refractivity contribution is 5.97. The van der Waals surface area contributed by atoms with E-state index in [2.05, 4.69) is 5.32 Å². The highest BCUT2D eigenvalue weighted by atomic mass is 16.5. The van der Waals surface area contributed by atoms with Gasteiger partial charge in [-0.1, -0.05) is 37.3 Å². The summed E-state index contributed by atoms with van der Waals surface area (Å²) in [6.07, 6.45) is 0.786. The molecule has 114 valence electrons. The van der Waals surface area contributed by atoms with Crippen LogP contribution in [-0.2, 0) is 16.0 Å². The van der Waals surface area contributed by atoms with Crippen molar-refractivity contribution in [2.45, 2.75) is 13.3 Å². The van der Waals surface area contributed by atoms with Gasteiger partial charge in [0.05, 0.1) is 0 Å². The number of aromatic hydroxyl groups is 1. The van der Waals surface area contributed by atoms with E-state index in [1.165, 1.54) is 12.1 Å². The largest absolute Gasteiger partial charge is 0.507 e. The van der Waals surface area contributed by atoms with Gasteiger partial charge in [0.2, 0.25) is 0 Å². The molecule has 5 nitrogen and oxygen atoms in total. The minimum atomic E-state index is -0.739. The van der Waals surface area contributed by atoms with Crippen molar-refractivity contribution in [1.29, 1.82) is 0 Å². The third-order valence-electron chi connectivity index (χ3n) is 3.13. The molecule has 0 aromatic heterocycles. The number of phenolic OH excluding ortho intramolecular Hbond substituents is 1. The van der Waals surface area contributed by atoms with E-state index in [-0.39, 0.29) is 11.3 Å². The Morgan fingerprint density at radius 2 is 1.77 bits per heavy atom. The summed E-state index contributed by atoms with van der Waals surface area (Å²) in [6.45, 7) is 1.58. The van der Waals surface area contributed by atoms with Gasteiger partial charge in [0.1, 0.15) is 11.3 Å². The molecule has 0 spiro atoms. The second-order valence-electron chi connectivity index (χ2n) is 4.65. The summed E-state index contributed by atoms with van der Waals surface area (Å²) < 4.78 is 4.91. The zero-order chi connectivity index (χ0) is 15.9. The van der Waals surface area contributed by atoms with Crippen LogP contribution in [-0.4, -0.2) is 23.6 Å². The number of carbonyl (C=O) groups is 2. The molecule has 22 heavy (non-hydrogen) atoms. The van der Waals surface area contributed by atoms with E-state index in [4.69, 9.17) is 4.74 Å². The normalized spacial score (nSPS) is 10.0. The minimum Gasteiger partial charge on any atom is -0.507 e. The Hall–Kier alpha value is -2.82. The van der Waals surface area contributed by atoms with E-state index in [9.17, 15) is 14.7 Å². The number of carbonyl (C=O) groups excluding carboxylic acids is 2. The molecule has 2 aromatic rings. The molecule has 0 fully saturated rings. The van der Waals surface area contributed by atoms with E-state index in [0.717, 1.165) is 12.0 Å². The molecule has 0 aliphatic carbocycles. The van der Waals surface area contributed by atoms with Crippen LogP contribution in [0, 0.1) is 0 Å². The molecule has 0 bridgehead atoms. The smallest absolute Gasteiger partial charge is 0.342 e. The van der Waals surface area contributed by atoms with Crippen molar-refractivity contribution >= 4 is 17.6 Å². The van der Waals surface area contributed by atoms with Crippen LogP contribution in [0.4, 0.5) is 5.69 Å². The molecule has 0 saturated heterocycles. The van der Waals surface area contributed by atoms with Crippen LogP contribution in [0.5, 0.6) is 5.75 Å². The number of ether oxygens (including phenoxy) is 1. The van der Waals surface area contributed by atoms with Crippen molar-refractivity contribution in [2.75, 3.05) is 11.9 Å². The fourth-order valence-electron chi connectivity index (χ4n) is 1.99. The fraction of sp³-hybridized carbons (Fsp3) is 0.176. The van der Waals surface area contributed by atoms with E-state index < -0.39 is 18.5 Å². The summed E-state index contributed by atoms with van der Waals surface area (Å²) in [4.78, 5) is 23.6. The first-order valence-electron chi connectivity index (χ1n) is 6.94. The van der Waals surface area contributed by atoms with Crippen molar-refractivity contribution < 1.29 is 19.4 Å². The first-order chi connectivity index (χ1) is 10.6. The molecule has 2 N–H and O–H groups in total. The van der Waals surface area contributed by atoms with Gasteiger partial charge in [-0.3, -0.25) is 4.79 Å². The maximum Gasteiger partial charge on any atom is 0.342 e. The number of para-hydroxylation sites is 2. The van der Waals surface area contributed by atoms with Gasteiger partial charge in [-0.15, -0.1) is 0 Å². The summed E-state index contributed by atoms with van der Waals surface area (Å²) >= 11 is 0. The predicted molar refractivity (Wildman–Crippen MR) is 82.8 cm³/mol. The molecular formula is C17H17NO4. The quantitative estimate of drug-likeness (QED) is 0.832. The van der Waals surface area contributed by atoms with E-state index in [1.807, 2.05) is 25.1 Å². The maximum atomic E-state index is 11.9. The molecule has 2 aromatic carbocycles. The van der Waals surface area contributed by atoms with Crippen LogP contribution >= 0.6 is 0 Å². The van der Waals surface area contributed by atoms with Gasteiger partial charge >= 0.3 is 5.97 Å². The molecule has 1 amide bonds. The molecule has 0 saturated carbocycles. The van der Waals surface area contributed by atoms with Gasteiger partial charge in [-0.2, -0.15) is 0 Å². The number of anilines is 1. The lowest BCUT2D eigenvalue weighted by Crippen LogP contribution is -2.21. The van der Waals surface area contributed by atoms with Crippen molar-refractivity contribution in [3.05, 3.63) is 59.7 Å². The number of amides is 1.